The third-order valence-electron chi connectivity index (χ3n) is 3.75. The zero-order valence-electron chi connectivity index (χ0n) is 11.7. The van der Waals surface area contributed by atoms with E-state index in [4.69, 9.17) is 27.9 Å². The molecule has 1 heterocycles. The summed E-state index contributed by atoms with van der Waals surface area (Å²) in [6.45, 7) is 2.17. The Balaban J connectivity index is 2.30. The van der Waals surface area contributed by atoms with Crippen molar-refractivity contribution in [3.8, 4) is 5.75 Å². The number of likely N-dealkylation sites (tertiary alicyclic amines) is 1. The van der Waals surface area contributed by atoms with Crippen LogP contribution in [0, 0.1) is 5.41 Å². The molecule has 1 unspecified atom stereocenters. The van der Waals surface area contributed by atoms with Crippen LogP contribution in [0.1, 0.15) is 23.7 Å². The van der Waals surface area contributed by atoms with Crippen LogP contribution in [0.15, 0.2) is 12.1 Å². The lowest BCUT2D eigenvalue weighted by molar-refractivity contribution is -0.147. The Kier molecular flexibility index (Phi) is 4.35. The van der Waals surface area contributed by atoms with Crippen molar-refractivity contribution in [3.05, 3.63) is 27.7 Å². The van der Waals surface area contributed by atoms with Crippen LogP contribution >= 0.6 is 23.2 Å². The van der Waals surface area contributed by atoms with Crippen LogP contribution in [0.4, 0.5) is 0 Å². The van der Waals surface area contributed by atoms with Gasteiger partial charge in [-0.15, -0.1) is 0 Å². The molecule has 21 heavy (non-hydrogen) atoms. The Hall–Kier alpha value is -1.46. The highest BCUT2D eigenvalue weighted by molar-refractivity contribution is 6.42. The zero-order valence-corrected chi connectivity index (χ0v) is 13.2. The fraction of sp³-hybridized carbons (Fsp3) is 0.429. The highest BCUT2D eigenvalue weighted by Crippen LogP contribution is 2.35. The highest BCUT2D eigenvalue weighted by Gasteiger charge is 2.42. The van der Waals surface area contributed by atoms with Gasteiger partial charge in [0.05, 0.1) is 28.1 Å². The molecule has 1 saturated heterocycles. The number of aliphatic carboxylic acids is 1. The number of nitrogens with zero attached hydrogens (tertiary/aromatic N) is 1. The predicted octanol–water partition coefficient (Wildman–Crippen LogP) is 2.94. The molecule has 1 fully saturated rings. The summed E-state index contributed by atoms with van der Waals surface area (Å²) in [7, 11) is 1.43. The molecule has 0 saturated carbocycles. The fourth-order valence-electron chi connectivity index (χ4n) is 2.34. The second-order valence-electron chi connectivity index (χ2n) is 5.31. The molecule has 2 rings (SSSR count). The minimum Gasteiger partial charge on any atom is -0.496 e. The first-order valence-corrected chi connectivity index (χ1v) is 7.10. The summed E-state index contributed by atoms with van der Waals surface area (Å²) in [6.07, 6.45) is 0.414. The van der Waals surface area contributed by atoms with Crippen LogP contribution in [0.3, 0.4) is 0 Å². The number of carboxylic acids is 1. The molecule has 5 nitrogen and oxygen atoms in total. The standard InChI is InChI=1S/C14H15Cl2NO4/c1-14(13(19)20)3-4-17(7-14)12(18)8-5-9(15)10(16)6-11(8)21-2/h5-6H,3-4,7H2,1-2H3,(H,19,20). The molecular formula is C14H15Cl2NO4. The Morgan fingerprint density at radius 1 is 1.33 bits per heavy atom. The first-order chi connectivity index (χ1) is 9.78. The van der Waals surface area contributed by atoms with Crippen molar-refractivity contribution in [2.24, 2.45) is 5.41 Å². The van der Waals surface area contributed by atoms with Gasteiger partial charge in [0.25, 0.3) is 5.91 Å². The molecule has 1 N–H and O–H groups in total. The summed E-state index contributed by atoms with van der Waals surface area (Å²) < 4.78 is 5.15. The van der Waals surface area contributed by atoms with E-state index in [0.717, 1.165) is 0 Å². The molecule has 1 aliphatic heterocycles. The van der Waals surface area contributed by atoms with Gasteiger partial charge in [0.1, 0.15) is 5.75 Å². The molecule has 1 amide bonds. The van der Waals surface area contributed by atoms with Crippen LogP contribution in [0.25, 0.3) is 0 Å². The average Bonchev–Trinajstić information content (AvgIpc) is 2.84. The number of ether oxygens (including phenoxy) is 1. The van der Waals surface area contributed by atoms with Crippen LogP contribution in [-0.4, -0.2) is 42.1 Å². The highest BCUT2D eigenvalue weighted by atomic mass is 35.5. The van der Waals surface area contributed by atoms with E-state index in [-0.39, 0.29) is 23.0 Å². The molecule has 1 atom stereocenters. The van der Waals surface area contributed by atoms with Crippen molar-refractivity contribution in [2.75, 3.05) is 20.2 Å². The number of rotatable bonds is 3. The van der Waals surface area contributed by atoms with Gasteiger partial charge in [-0.3, -0.25) is 9.59 Å². The van der Waals surface area contributed by atoms with E-state index < -0.39 is 11.4 Å². The molecule has 114 valence electrons. The second-order valence-corrected chi connectivity index (χ2v) is 6.12. The summed E-state index contributed by atoms with van der Waals surface area (Å²) >= 11 is 11.8. The summed E-state index contributed by atoms with van der Waals surface area (Å²) in [4.78, 5) is 25.3. The van der Waals surface area contributed by atoms with Gasteiger partial charge in [-0.2, -0.15) is 0 Å². The molecule has 0 aliphatic carbocycles. The predicted molar refractivity (Wildman–Crippen MR) is 79.3 cm³/mol. The fourth-order valence-corrected chi connectivity index (χ4v) is 2.66. The van der Waals surface area contributed by atoms with Crippen LogP contribution in [0.5, 0.6) is 5.75 Å². The molecule has 0 aromatic heterocycles. The van der Waals surface area contributed by atoms with E-state index in [2.05, 4.69) is 0 Å². The summed E-state index contributed by atoms with van der Waals surface area (Å²) in [5.41, 5.74) is -0.638. The number of halogens is 2. The Morgan fingerprint density at radius 3 is 2.48 bits per heavy atom. The normalized spacial score (nSPS) is 21.4. The number of carbonyl (C=O) groups excluding carboxylic acids is 1. The third kappa shape index (κ3) is 2.94. The van der Waals surface area contributed by atoms with Crippen molar-refractivity contribution < 1.29 is 19.4 Å². The maximum atomic E-state index is 12.6. The number of amides is 1. The van der Waals surface area contributed by atoms with Crippen LogP contribution in [-0.2, 0) is 4.79 Å². The van der Waals surface area contributed by atoms with Crippen molar-refractivity contribution in [1.82, 2.24) is 4.90 Å². The number of carboxylic acid groups (broad SMARTS) is 1. The molecule has 1 aromatic carbocycles. The third-order valence-corrected chi connectivity index (χ3v) is 4.47. The van der Waals surface area contributed by atoms with Gasteiger partial charge in [0.2, 0.25) is 0 Å². The van der Waals surface area contributed by atoms with E-state index in [1.807, 2.05) is 0 Å². The average molecular weight is 332 g/mol. The molecule has 0 spiro atoms. The molecular weight excluding hydrogens is 317 g/mol. The summed E-state index contributed by atoms with van der Waals surface area (Å²) in [5.74, 6) is -0.896. The van der Waals surface area contributed by atoms with Crippen molar-refractivity contribution in [3.63, 3.8) is 0 Å². The second kappa shape index (κ2) is 5.73. The maximum Gasteiger partial charge on any atom is 0.311 e. The van der Waals surface area contributed by atoms with Crippen LogP contribution < -0.4 is 4.74 Å². The number of hydrogen-bond acceptors (Lipinski definition) is 3. The van der Waals surface area contributed by atoms with Crippen molar-refractivity contribution >= 4 is 35.1 Å². The van der Waals surface area contributed by atoms with Gasteiger partial charge in [-0.1, -0.05) is 23.2 Å². The van der Waals surface area contributed by atoms with E-state index in [1.165, 1.54) is 24.1 Å². The zero-order chi connectivity index (χ0) is 15.8. The molecule has 0 bridgehead atoms. The molecule has 1 aliphatic rings. The van der Waals surface area contributed by atoms with Gasteiger partial charge in [-0.05, 0) is 19.4 Å². The van der Waals surface area contributed by atoms with Gasteiger partial charge in [0.15, 0.2) is 0 Å². The van der Waals surface area contributed by atoms with Crippen LogP contribution in [0.2, 0.25) is 10.0 Å². The van der Waals surface area contributed by atoms with Gasteiger partial charge in [0, 0.05) is 19.2 Å². The topological polar surface area (TPSA) is 66.8 Å². The Bertz CT molecular complexity index is 605. The quantitative estimate of drug-likeness (QED) is 0.924. The van der Waals surface area contributed by atoms with E-state index in [9.17, 15) is 14.7 Å². The first kappa shape index (κ1) is 15.9. The minimum atomic E-state index is -0.918. The van der Waals surface area contributed by atoms with E-state index in [0.29, 0.717) is 23.7 Å². The number of hydrogen-bond donors (Lipinski definition) is 1. The number of benzene rings is 1. The Morgan fingerprint density at radius 2 is 1.95 bits per heavy atom. The van der Waals surface area contributed by atoms with E-state index >= 15 is 0 Å². The lowest BCUT2D eigenvalue weighted by Crippen LogP contribution is -2.35. The summed E-state index contributed by atoms with van der Waals surface area (Å²) in [5, 5.41) is 9.77. The van der Waals surface area contributed by atoms with E-state index in [1.54, 1.807) is 6.92 Å². The van der Waals surface area contributed by atoms with Gasteiger partial charge >= 0.3 is 5.97 Å². The lowest BCUT2D eigenvalue weighted by atomic mass is 9.90. The summed E-state index contributed by atoms with van der Waals surface area (Å²) in [6, 6.07) is 2.92. The van der Waals surface area contributed by atoms with Gasteiger partial charge in [-0.25, -0.2) is 0 Å². The maximum absolute atomic E-state index is 12.6. The molecule has 1 aromatic rings. The molecule has 0 radical (unpaired) electrons. The number of carbonyl (C=O) groups is 2. The number of methoxy groups -OCH3 is 1. The lowest BCUT2D eigenvalue weighted by Gasteiger charge is -2.21. The van der Waals surface area contributed by atoms with Crippen molar-refractivity contribution in [2.45, 2.75) is 13.3 Å². The largest absolute Gasteiger partial charge is 0.496 e. The minimum absolute atomic E-state index is 0.157. The van der Waals surface area contributed by atoms with Gasteiger partial charge < -0.3 is 14.7 Å². The van der Waals surface area contributed by atoms with Crippen molar-refractivity contribution in [1.29, 1.82) is 0 Å². The smallest absolute Gasteiger partial charge is 0.311 e. The first-order valence-electron chi connectivity index (χ1n) is 6.34. The Labute approximate surface area is 132 Å². The monoisotopic (exact) mass is 331 g/mol. The SMILES string of the molecule is COc1cc(Cl)c(Cl)cc1C(=O)N1CCC(C)(C(=O)O)C1. The molecule has 7 heteroatoms.